The van der Waals surface area contributed by atoms with Crippen LogP contribution in [0.2, 0.25) is 0 Å². The molecule has 0 fully saturated rings. The quantitative estimate of drug-likeness (QED) is 0.361. The molecule has 0 N–H and O–H groups in total. The molecular formula is C10H14O5. The highest BCUT2D eigenvalue weighted by atomic mass is 16.5. The van der Waals surface area contributed by atoms with Crippen LogP contribution < -0.4 is 0 Å². The van der Waals surface area contributed by atoms with Gasteiger partial charge in [0.05, 0.1) is 12.5 Å². The van der Waals surface area contributed by atoms with Crippen molar-refractivity contribution in [3.63, 3.8) is 0 Å². The van der Waals surface area contributed by atoms with Crippen LogP contribution >= 0.6 is 0 Å². The summed E-state index contributed by atoms with van der Waals surface area (Å²) in [6.07, 6.45) is -0.243. The van der Waals surface area contributed by atoms with Crippen LogP contribution in [0.4, 0.5) is 0 Å². The van der Waals surface area contributed by atoms with Gasteiger partial charge in [0.1, 0.15) is 11.6 Å². The zero-order valence-corrected chi connectivity index (χ0v) is 9.03. The minimum Gasteiger partial charge on any atom is -0.460 e. The summed E-state index contributed by atoms with van der Waals surface area (Å²) in [6.45, 7) is 4.05. The lowest BCUT2D eigenvalue weighted by Crippen LogP contribution is -2.31. The van der Waals surface area contributed by atoms with Gasteiger partial charge < -0.3 is 4.74 Å². The van der Waals surface area contributed by atoms with Crippen molar-refractivity contribution in [2.24, 2.45) is 5.92 Å². The summed E-state index contributed by atoms with van der Waals surface area (Å²) >= 11 is 0. The Bertz CT molecular complexity index is 292. The fourth-order valence-electron chi connectivity index (χ4n) is 1.05. The number of carbonyl (C=O) groups excluding carboxylic acids is 4. The van der Waals surface area contributed by atoms with Crippen LogP contribution in [0, 0.1) is 5.92 Å². The van der Waals surface area contributed by atoms with Crippen molar-refractivity contribution < 1.29 is 23.9 Å². The van der Waals surface area contributed by atoms with Crippen LogP contribution in [0.3, 0.4) is 0 Å². The average molecular weight is 214 g/mol. The molecule has 0 aromatic rings. The molecule has 1 unspecified atom stereocenters. The molecule has 0 spiro atoms. The zero-order chi connectivity index (χ0) is 12.0. The average Bonchev–Trinajstić information content (AvgIpc) is 2.12. The lowest BCUT2D eigenvalue weighted by Gasteiger charge is -2.09. The molecule has 5 heteroatoms. The van der Waals surface area contributed by atoms with E-state index in [1.165, 1.54) is 13.8 Å². The maximum Gasteiger partial charge on any atom is 0.375 e. The molecule has 0 radical (unpaired) electrons. The third-order valence-corrected chi connectivity index (χ3v) is 1.78. The van der Waals surface area contributed by atoms with E-state index in [4.69, 9.17) is 0 Å². The third kappa shape index (κ3) is 4.49. The molecule has 0 saturated carbocycles. The van der Waals surface area contributed by atoms with Gasteiger partial charge in [0.2, 0.25) is 0 Å². The fourth-order valence-corrected chi connectivity index (χ4v) is 1.05. The minimum absolute atomic E-state index is 0.0648. The van der Waals surface area contributed by atoms with Crippen molar-refractivity contribution in [1.82, 2.24) is 0 Å². The molecule has 0 aliphatic heterocycles. The minimum atomic E-state index is -1.19. The normalized spacial score (nSPS) is 11.7. The van der Waals surface area contributed by atoms with Crippen molar-refractivity contribution in [3.05, 3.63) is 0 Å². The molecule has 0 aliphatic rings. The first-order chi connectivity index (χ1) is 6.90. The molecule has 0 rings (SSSR count). The first kappa shape index (κ1) is 13.5. The van der Waals surface area contributed by atoms with Crippen LogP contribution in [0.5, 0.6) is 0 Å². The molecule has 0 aromatic heterocycles. The first-order valence-corrected chi connectivity index (χ1v) is 4.61. The Kier molecular flexibility index (Phi) is 5.44. The van der Waals surface area contributed by atoms with Gasteiger partial charge in [0.15, 0.2) is 0 Å². The van der Waals surface area contributed by atoms with Crippen molar-refractivity contribution in [2.75, 3.05) is 6.61 Å². The molecule has 84 valence electrons. The molecule has 1 atom stereocenters. The smallest absolute Gasteiger partial charge is 0.375 e. The van der Waals surface area contributed by atoms with E-state index in [2.05, 4.69) is 4.74 Å². The summed E-state index contributed by atoms with van der Waals surface area (Å²) in [6, 6.07) is 0. The molecule has 0 aromatic carbocycles. The Labute approximate surface area is 87.8 Å². The Morgan fingerprint density at radius 3 is 2.00 bits per heavy atom. The number of hydrogen-bond acceptors (Lipinski definition) is 5. The van der Waals surface area contributed by atoms with Crippen LogP contribution in [0.15, 0.2) is 0 Å². The molecular weight excluding hydrogens is 200 g/mol. The molecule has 0 amide bonds. The predicted octanol–water partition coefficient (Wildman–Crippen LogP) is 0.303. The van der Waals surface area contributed by atoms with Gasteiger partial charge in [-0.05, 0) is 20.8 Å². The molecule has 0 saturated heterocycles. The number of rotatable bonds is 6. The molecule has 0 aliphatic carbocycles. The van der Waals surface area contributed by atoms with E-state index in [-0.39, 0.29) is 18.8 Å². The van der Waals surface area contributed by atoms with Gasteiger partial charge >= 0.3 is 5.97 Å². The number of ether oxygens (including phenoxy) is 1. The van der Waals surface area contributed by atoms with E-state index in [0.29, 0.717) is 0 Å². The molecule has 0 heterocycles. The topological polar surface area (TPSA) is 77.5 Å². The van der Waals surface area contributed by atoms with Crippen molar-refractivity contribution in [1.29, 1.82) is 0 Å². The second-order valence-electron chi connectivity index (χ2n) is 3.15. The highest BCUT2D eigenvalue weighted by Crippen LogP contribution is 2.08. The monoisotopic (exact) mass is 214 g/mol. The molecule has 0 bridgehead atoms. The van der Waals surface area contributed by atoms with Crippen molar-refractivity contribution >= 4 is 23.3 Å². The Hall–Kier alpha value is -1.52. The second-order valence-corrected chi connectivity index (χ2v) is 3.15. The number of carbonyl (C=O) groups is 4. The summed E-state index contributed by atoms with van der Waals surface area (Å²) in [5.74, 6) is -4.00. The number of Topliss-reactive ketones (excluding diaryl/α,β-unsaturated/α-hetero) is 3. The van der Waals surface area contributed by atoms with Crippen LogP contribution in [-0.2, 0) is 23.9 Å². The van der Waals surface area contributed by atoms with E-state index >= 15 is 0 Å². The first-order valence-electron chi connectivity index (χ1n) is 4.61. The van der Waals surface area contributed by atoms with E-state index in [0.717, 1.165) is 0 Å². The van der Waals surface area contributed by atoms with E-state index in [9.17, 15) is 19.2 Å². The van der Waals surface area contributed by atoms with Gasteiger partial charge in [-0.25, -0.2) is 4.79 Å². The van der Waals surface area contributed by atoms with E-state index in [1.807, 2.05) is 0 Å². The summed E-state index contributed by atoms with van der Waals surface area (Å²) in [5, 5.41) is 0. The highest BCUT2D eigenvalue weighted by Gasteiger charge is 2.31. The van der Waals surface area contributed by atoms with Crippen LogP contribution in [-0.4, -0.2) is 29.9 Å². The second kappa shape index (κ2) is 6.06. The predicted molar refractivity (Wildman–Crippen MR) is 51.1 cm³/mol. The van der Waals surface area contributed by atoms with Gasteiger partial charge in [0.25, 0.3) is 5.78 Å². The third-order valence-electron chi connectivity index (χ3n) is 1.78. The van der Waals surface area contributed by atoms with Gasteiger partial charge in [-0.3, -0.25) is 14.4 Å². The highest BCUT2D eigenvalue weighted by molar-refractivity contribution is 6.38. The maximum atomic E-state index is 11.4. The summed E-state index contributed by atoms with van der Waals surface area (Å²) in [7, 11) is 0. The number of ketones is 3. The van der Waals surface area contributed by atoms with Crippen LogP contribution in [0.1, 0.15) is 27.2 Å². The Balaban J connectivity index is 4.63. The zero-order valence-electron chi connectivity index (χ0n) is 9.03. The van der Waals surface area contributed by atoms with Crippen LogP contribution in [0.25, 0.3) is 0 Å². The Morgan fingerprint density at radius 1 is 1.13 bits per heavy atom. The summed E-state index contributed by atoms with van der Waals surface area (Å²) in [5.41, 5.74) is 0. The lowest BCUT2D eigenvalue weighted by molar-refractivity contribution is -0.157. The largest absolute Gasteiger partial charge is 0.460 e. The maximum absolute atomic E-state index is 11.4. The van der Waals surface area contributed by atoms with Crippen molar-refractivity contribution in [3.8, 4) is 0 Å². The van der Waals surface area contributed by atoms with Gasteiger partial charge in [-0.15, -0.1) is 0 Å². The molecule has 5 nitrogen and oxygen atoms in total. The van der Waals surface area contributed by atoms with Gasteiger partial charge in [-0.1, -0.05) is 0 Å². The van der Waals surface area contributed by atoms with Crippen molar-refractivity contribution in [2.45, 2.75) is 27.2 Å². The SMILES string of the molecule is CCOC(=O)C(=O)C(CC(C)=O)C(C)=O. The lowest BCUT2D eigenvalue weighted by atomic mass is 9.94. The molecule has 15 heavy (non-hydrogen) atoms. The fraction of sp³-hybridized carbons (Fsp3) is 0.600. The summed E-state index contributed by atoms with van der Waals surface area (Å²) < 4.78 is 4.46. The number of hydrogen-bond donors (Lipinski definition) is 0. The van der Waals surface area contributed by atoms with Gasteiger partial charge in [-0.2, -0.15) is 0 Å². The standard InChI is InChI=1S/C10H14O5/c1-4-15-10(14)9(13)8(7(3)12)5-6(2)11/h8H,4-5H2,1-3H3. The Morgan fingerprint density at radius 2 is 1.67 bits per heavy atom. The van der Waals surface area contributed by atoms with E-state index < -0.39 is 23.5 Å². The van der Waals surface area contributed by atoms with E-state index in [1.54, 1.807) is 6.92 Å². The summed E-state index contributed by atoms with van der Waals surface area (Å²) in [4.78, 5) is 44.2. The number of esters is 1. The van der Waals surface area contributed by atoms with Gasteiger partial charge in [0, 0.05) is 6.42 Å².